The molecule has 3 N–H and O–H groups in total. The van der Waals surface area contributed by atoms with Crippen LogP contribution in [-0.2, 0) is 4.79 Å². The summed E-state index contributed by atoms with van der Waals surface area (Å²) >= 11 is 0. The molecule has 0 saturated carbocycles. The number of nitrogens with zero attached hydrogens (tertiary/aromatic N) is 4. The highest BCUT2D eigenvalue weighted by atomic mass is 16.2. The second kappa shape index (κ2) is 4.95. The summed E-state index contributed by atoms with van der Waals surface area (Å²) in [5.41, 5.74) is 6.35. The summed E-state index contributed by atoms with van der Waals surface area (Å²) in [6.45, 7) is 2.71. The van der Waals surface area contributed by atoms with Gasteiger partial charge in [-0.3, -0.25) is 4.79 Å². The molecule has 1 amide bonds. The number of likely N-dealkylation sites (tertiary alicyclic amines) is 1. The van der Waals surface area contributed by atoms with Gasteiger partial charge < -0.3 is 20.5 Å². The Morgan fingerprint density at radius 2 is 2.27 bits per heavy atom. The number of nitrogens with one attached hydrogen (secondary N) is 1. The Morgan fingerprint density at radius 3 is 3.05 bits per heavy atom. The zero-order valence-electron chi connectivity index (χ0n) is 12.5. The summed E-state index contributed by atoms with van der Waals surface area (Å²) < 4.78 is 0. The van der Waals surface area contributed by atoms with E-state index in [1.54, 1.807) is 6.33 Å². The van der Waals surface area contributed by atoms with Crippen LogP contribution in [0.1, 0.15) is 19.3 Å². The van der Waals surface area contributed by atoms with Gasteiger partial charge in [-0.25, -0.2) is 9.97 Å². The van der Waals surface area contributed by atoms with E-state index in [9.17, 15) is 4.79 Å². The van der Waals surface area contributed by atoms with Crippen LogP contribution in [0.15, 0.2) is 18.6 Å². The molecular weight excluding hydrogens is 280 g/mol. The number of fused-ring (bicyclic) bond motifs is 1. The van der Waals surface area contributed by atoms with E-state index in [1.807, 2.05) is 17.2 Å². The van der Waals surface area contributed by atoms with Gasteiger partial charge in [0.1, 0.15) is 17.8 Å². The van der Waals surface area contributed by atoms with Crippen molar-refractivity contribution in [1.82, 2.24) is 19.9 Å². The molecule has 4 rings (SSSR count). The van der Waals surface area contributed by atoms with Crippen molar-refractivity contribution in [3.8, 4) is 0 Å². The third-order valence-electron chi connectivity index (χ3n) is 5.04. The van der Waals surface area contributed by atoms with Gasteiger partial charge in [0.25, 0.3) is 0 Å². The van der Waals surface area contributed by atoms with Crippen molar-refractivity contribution in [3.05, 3.63) is 18.6 Å². The molecule has 1 atom stereocenters. The summed E-state index contributed by atoms with van der Waals surface area (Å²) in [7, 11) is 0. The van der Waals surface area contributed by atoms with E-state index in [2.05, 4.69) is 19.9 Å². The van der Waals surface area contributed by atoms with E-state index < -0.39 is 0 Å². The van der Waals surface area contributed by atoms with Crippen molar-refractivity contribution < 1.29 is 4.79 Å². The van der Waals surface area contributed by atoms with Crippen LogP contribution >= 0.6 is 0 Å². The number of hydrogen-bond acceptors (Lipinski definition) is 5. The molecule has 116 valence electrons. The summed E-state index contributed by atoms with van der Waals surface area (Å²) in [5, 5.41) is 1.04. The molecule has 2 fully saturated rings. The maximum atomic E-state index is 12.0. The molecule has 22 heavy (non-hydrogen) atoms. The lowest BCUT2D eigenvalue weighted by Crippen LogP contribution is -2.69. The standard InChI is InChI=1S/C15H20N6O/c16-8-12(22)21-7-4-15(21)3-1-6-20(9-15)14-11-2-5-17-13(11)18-10-19-14/h2,5,10H,1,3-4,6-9,16H2,(H,17,18,19)/t15-/m0/s1. The molecule has 0 unspecified atom stereocenters. The molecule has 7 nitrogen and oxygen atoms in total. The van der Waals surface area contributed by atoms with Crippen LogP contribution in [0.4, 0.5) is 5.82 Å². The Kier molecular flexibility index (Phi) is 3.04. The highest BCUT2D eigenvalue weighted by Crippen LogP contribution is 2.40. The Bertz CT molecular complexity index is 713. The average molecular weight is 300 g/mol. The van der Waals surface area contributed by atoms with Crippen LogP contribution in [0.2, 0.25) is 0 Å². The fourth-order valence-electron chi connectivity index (χ4n) is 3.87. The summed E-state index contributed by atoms with van der Waals surface area (Å²) in [5.74, 6) is 1.01. The van der Waals surface area contributed by atoms with E-state index in [0.717, 1.165) is 55.7 Å². The van der Waals surface area contributed by atoms with Crippen LogP contribution in [0.3, 0.4) is 0 Å². The predicted octanol–water partition coefficient (Wildman–Crippen LogP) is 0.488. The Labute approximate surface area is 128 Å². The third-order valence-corrected chi connectivity index (χ3v) is 5.04. The fourth-order valence-corrected chi connectivity index (χ4v) is 3.87. The monoisotopic (exact) mass is 300 g/mol. The molecule has 0 aliphatic carbocycles. The van der Waals surface area contributed by atoms with Gasteiger partial charge >= 0.3 is 0 Å². The number of carbonyl (C=O) groups excluding carboxylic acids is 1. The van der Waals surface area contributed by atoms with E-state index >= 15 is 0 Å². The average Bonchev–Trinajstić information content (AvgIpc) is 3.02. The van der Waals surface area contributed by atoms with Crippen molar-refractivity contribution in [1.29, 1.82) is 0 Å². The predicted molar refractivity (Wildman–Crippen MR) is 83.5 cm³/mol. The molecule has 2 aromatic heterocycles. The van der Waals surface area contributed by atoms with Gasteiger partial charge in [0, 0.05) is 25.8 Å². The van der Waals surface area contributed by atoms with Gasteiger partial charge in [-0.15, -0.1) is 0 Å². The number of nitrogens with two attached hydrogens (primary N) is 1. The number of H-pyrrole nitrogens is 1. The quantitative estimate of drug-likeness (QED) is 0.842. The van der Waals surface area contributed by atoms with Gasteiger partial charge in [0.05, 0.1) is 17.5 Å². The molecular formula is C15H20N6O. The molecule has 2 saturated heterocycles. The molecule has 0 bridgehead atoms. The largest absolute Gasteiger partial charge is 0.354 e. The zero-order valence-corrected chi connectivity index (χ0v) is 12.5. The molecule has 2 aliphatic rings. The second-order valence-electron chi connectivity index (χ2n) is 6.19. The van der Waals surface area contributed by atoms with E-state index in [-0.39, 0.29) is 18.0 Å². The van der Waals surface area contributed by atoms with Gasteiger partial charge in [0.15, 0.2) is 0 Å². The first kappa shape index (κ1) is 13.5. The minimum atomic E-state index is -0.0533. The third kappa shape index (κ3) is 1.89. The normalized spacial score (nSPS) is 24.8. The first-order valence-corrected chi connectivity index (χ1v) is 7.77. The first-order chi connectivity index (χ1) is 10.7. The number of piperidine rings is 1. The maximum absolute atomic E-state index is 12.0. The lowest BCUT2D eigenvalue weighted by atomic mass is 9.77. The highest BCUT2D eigenvalue weighted by molar-refractivity contribution is 5.87. The fraction of sp³-hybridized carbons (Fsp3) is 0.533. The zero-order chi connectivity index (χ0) is 15.2. The number of hydrogen-bond donors (Lipinski definition) is 2. The number of rotatable bonds is 2. The van der Waals surface area contributed by atoms with Crippen molar-refractivity contribution in [2.75, 3.05) is 31.1 Å². The summed E-state index contributed by atoms with van der Waals surface area (Å²) in [4.78, 5) is 28.1. The Hall–Kier alpha value is -2.15. The minimum absolute atomic E-state index is 0.0533. The van der Waals surface area contributed by atoms with Crippen LogP contribution in [0, 0.1) is 0 Å². The van der Waals surface area contributed by atoms with Crippen LogP contribution < -0.4 is 10.6 Å². The van der Waals surface area contributed by atoms with Crippen molar-refractivity contribution in [2.24, 2.45) is 5.73 Å². The van der Waals surface area contributed by atoms with E-state index in [1.165, 1.54) is 0 Å². The summed E-state index contributed by atoms with van der Waals surface area (Å²) in [6, 6.07) is 2.01. The van der Waals surface area contributed by atoms with Crippen LogP contribution in [0.5, 0.6) is 0 Å². The smallest absolute Gasteiger partial charge is 0.236 e. The lowest BCUT2D eigenvalue weighted by molar-refractivity contribution is -0.146. The van der Waals surface area contributed by atoms with Crippen LogP contribution in [-0.4, -0.2) is 57.5 Å². The highest BCUT2D eigenvalue weighted by Gasteiger charge is 2.49. The number of aromatic amines is 1. The molecule has 7 heteroatoms. The second-order valence-corrected chi connectivity index (χ2v) is 6.19. The number of aromatic nitrogens is 3. The maximum Gasteiger partial charge on any atom is 0.236 e. The van der Waals surface area contributed by atoms with Crippen molar-refractivity contribution >= 4 is 22.8 Å². The molecule has 0 radical (unpaired) electrons. The Morgan fingerprint density at radius 1 is 1.36 bits per heavy atom. The van der Waals surface area contributed by atoms with Gasteiger partial charge in [-0.05, 0) is 25.3 Å². The van der Waals surface area contributed by atoms with Crippen molar-refractivity contribution in [3.63, 3.8) is 0 Å². The van der Waals surface area contributed by atoms with Crippen LogP contribution in [0.25, 0.3) is 11.0 Å². The SMILES string of the molecule is NCC(=O)N1CC[C@]12CCCN(c1ncnc3[nH]ccc13)C2. The Balaban J connectivity index is 1.64. The lowest BCUT2D eigenvalue weighted by Gasteiger charge is -2.57. The molecule has 1 spiro atoms. The van der Waals surface area contributed by atoms with Crippen molar-refractivity contribution in [2.45, 2.75) is 24.8 Å². The molecule has 2 aliphatic heterocycles. The van der Waals surface area contributed by atoms with E-state index in [4.69, 9.17) is 5.73 Å². The van der Waals surface area contributed by atoms with Gasteiger partial charge in [-0.2, -0.15) is 0 Å². The summed E-state index contributed by atoms with van der Waals surface area (Å²) in [6.07, 6.45) is 6.65. The minimum Gasteiger partial charge on any atom is -0.354 e. The molecule has 2 aromatic rings. The first-order valence-electron chi connectivity index (χ1n) is 7.77. The number of amides is 1. The van der Waals surface area contributed by atoms with E-state index in [0.29, 0.717) is 0 Å². The molecule has 0 aromatic carbocycles. The topological polar surface area (TPSA) is 91.1 Å². The number of anilines is 1. The molecule has 4 heterocycles. The van der Waals surface area contributed by atoms with Gasteiger partial charge in [-0.1, -0.05) is 0 Å². The number of carbonyl (C=O) groups is 1. The van der Waals surface area contributed by atoms with Gasteiger partial charge in [0.2, 0.25) is 5.91 Å².